The Balaban J connectivity index is 2.16. The maximum Gasteiger partial charge on any atom is 0.0459 e. The van der Waals surface area contributed by atoms with Crippen molar-refractivity contribution in [1.82, 2.24) is 0 Å². The smallest absolute Gasteiger partial charge is 0.0459 e. The minimum atomic E-state index is 0.413. The van der Waals surface area contributed by atoms with Gasteiger partial charge in [0, 0.05) is 6.61 Å². The summed E-state index contributed by atoms with van der Waals surface area (Å²) in [5, 5.41) is 9.28. The maximum atomic E-state index is 9.28. The predicted molar refractivity (Wildman–Crippen MR) is 61.3 cm³/mol. The van der Waals surface area contributed by atoms with Crippen molar-refractivity contribution in [2.45, 2.75) is 64.7 Å². The lowest BCUT2D eigenvalue weighted by Gasteiger charge is -2.25. The third-order valence-corrected chi connectivity index (χ3v) is 3.62. The minimum Gasteiger partial charge on any atom is -0.396 e. The normalized spacial score (nSPS) is 21.0. The highest BCUT2D eigenvalue weighted by Gasteiger charge is 2.17. The Morgan fingerprint density at radius 1 is 1.21 bits per heavy atom. The second kappa shape index (κ2) is 7.28. The van der Waals surface area contributed by atoms with E-state index in [1.54, 1.807) is 0 Å². The van der Waals surface area contributed by atoms with Gasteiger partial charge < -0.3 is 5.11 Å². The Morgan fingerprint density at radius 3 is 2.50 bits per heavy atom. The van der Waals surface area contributed by atoms with Crippen LogP contribution >= 0.6 is 0 Å². The van der Waals surface area contributed by atoms with Gasteiger partial charge in [-0.2, -0.15) is 0 Å². The molecule has 0 aliphatic heterocycles. The molecule has 14 heavy (non-hydrogen) atoms. The maximum absolute atomic E-state index is 9.28. The molecule has 1 unspecified atom stereocenters. The molecule has 0 heterocycles. The Bertz CT molecular complexity index is 127. The highest BCUT2D eigenvalue weighted by Crippen LogP contribution is 2.30. The van der Waals surface area contributed by atoms with Crippen LogP contribution in [-0.4, -0.2) is 11.7 Å². The molecule has 1 N–H and O–H groups in total. The first-order valence-corrected chi connectivity index (χ1v) is 6.47. The van der Waals surface area contributed by atoms with Crippen molar-refractivity contribution in [1.29, 1.82) is 0 Å². The summed E-state index contributed by atoms with van der Waals surface area (Å²) in [6, 6.07) is 0. The number of rotatable bonds is 6. The monoisotopic (exact) mass is 198 g/mol. The van der Waals surface area contributed by atoms with Gasteiger partial charge in [0.1, 0.15) is 0 Å². The topological polar surface area (TPSA) is 20.2 Å². The summed E-state index contributed by atoms with van der Waals surface area (Å²) < 4.78 is 0. The number of unbranched alkanes of at least 4 members (excludes halogenated alkanes) is 1. The van der Waals surface area contributed by atoms with E-state index in [1.807, 2.05) is 0 Å². The van der Waals surface area contributed by atoms with E-state index in [0.717, 1.165) is 5.92 Å². The van der Waals surface area contributed by atoms with Gasteiger partial charge in [-0.05, 0) is 24.7 Å². The van der Waals surface area contributed by atoms with E-state index < -0.39 is 0 Å². The van der Waals surface area contributed by atoms with Gasteiger partial charge in [-0.3, -0.25) is 0 Å². The lowest BCUT2D eigenvalue weighted by molar-refractivity contribution is 0.176. The van der Waals surface area contributed by atoms with Crippen LogP contribution < -0.4 is 0 Å². The minimum absolute atomic E-state index is 0.413. The molecule has 0 aromatic rings. The Morgan fingerprint density at radius 2 is 1.93 bits per heavy atom. The first-order chi connectivity index (χ1) is 6.86. The van der Waals surface area contributed by atoms with Crippen molar-refractivity contribution < 1.29 is 5.11 Å². The molecule has 0 aromatic heterocycles. The molecule has 1 aliphatic carbocycles. The van der Waals surface area contributed by atoms with Crippen LogP contribution in [0.5, 0.6) is 0 Å². The Labute approximate surface area is 88.9 Å². The molecule has 1 atom stereocenters. The number of aliphatic hydroxyl groups excluding tert-OH is 1. The Kier molecular flexibility index (Phi) is 6.25. The lowest BCUT2D eigenvalue weighted by atomic mass is 9.81. The van der Waals surface area contributed by atoms with E-state index in [1.165, 1.54) is 57.8 Å². The van der Waals surface area contributed by atoms with Crippen LogP contribution in [0, 0.1) is 11.8 Å². The number of aliphatic hydroxyl groups is 1. The van der Waals surface area contributed by atoms with Gasteiger partial charge in [-0.15, -0.1) is 0 Å². The summed E-state index contributed by atoms with van der Waals surface area (Å²) in [7, 11) is 0. The fourth-order valence-corrected chi connectivity index (χ4v) is 2.67. The summed E-state index contributed by atoms with van der Waals surface area (Å²) in [5.41, 5.74) is 0. The summed E-state index contributed by atoms with van der Waals surface area (Å²) >= 11 is 0. The predicted octanol–water partition coefficient (Wildman–Crippen LogP) is 3.76. The van der Waals surface area contributed by atoms with E-state index >= 15 is 0 Å². The van der Waals surface area contributed by atoms with Gasteiger partial charge in [-0.25, -0.2) is 0 Å². The summed E-state index contributed by atoms with van der Waals surface area (Å²) in [5.74, 6) is 1.52. The zero-order chi connectivity index (χ0) is 10.2. The van der Waals surface area contributed by atoms with Crippen LogP contribution in [-0.2, 0) is 0 Å². The second-order valence-electron chi connectivity index (χ2n) is 4.93. The van der Waals surface area contributed by atoms with Crippen LogP contribution in [0.25, 0.3) is 0 Å². The number of hydrogen-bond donors (Lipinski definition) is 1. The molecule has 0 saturated heterocycles. The van der Waals surface area contributed by atoms with E-state index in [4.69, 9.17) is 0 Å². The fourth-order valence-electron chi connectivity index (χ4n) is 2.67. The largest absolute Gasteiger partial charge is 0.396 e. The quantitative estimate of drug-likeness (QED) is 0.689. The molecule has 1 nitrogen and oxygen atoms in total. The van der Waals surface area contributed by atoms with E-state index in [9.17, 15) is 5.11 Å². The molecule has 0 aromatic carbocycles. The van der Waals surface area contributed by atoms with Crippen molar-refractivity contribution in [3.63, 3.8) is 0 Å². The van der Waals surface area contributed by atoms with Gasteiger partial charge in [-0.1, -0.05) is 51.9 Å². The molecule has 0 spiro atoms. The van der Waals surface area contributed by atoms with Crippen molar-refractivity contribution in [2.24, 2.45) is 11.8 Å². The summed E-state index contributed by atoms with van der Waals surface area (Å²) in [6.45, 7) is 2.64. The third kappa shape index (κ3) is 4.45. The second-order valence-corrected chi connectivity index (χ2v) is 4.93. The standard InChI is InChI=1S/C13H26O/c1-2-3-7-13(11-14)10-12-8-5-4-6-9-12/h12-14H,2-11H2,1H3. The zero-order valence-electron chi connectivity index (χ0n) is 9.67. The van der Waals surface area contributed by atoms with Gasteiger partial charge in [0.05, 0.1) is 0 Å². The molecule has 1 aliphatic rings. The zero-order valence-corrected chi connectivity index (χ0v) is 9.67. The van der Waals surface area contributed by atoms with Crippen LogP contribution in [0.2, 0.25) is 0 Å². The van der Waals surface area contributed by atoms with Crippen LogP contribution in [0.4, 0.5) is 0 Å². The summed E-state index contributed by atoms with van der Waals surface area (Å²) in [6.07, 6.45) is 12.2. The van der Waals surface area contributed by atoms with Crippen molar-refractivity contribution in [3.8, 4) is 0 Å². The first-order valence-electron chi connectivity index (χ1n) is 6.47. The average molecular weight is 198 g/mol. The third-order valence-electron chi connectivity index (χ3n) is 3.62. The molecule has 1 saturated carbocycles. The van der Waals surface area contributed by atoms with Crippen molar-refractivity contribution in [3.05, 3.63) is 0 Å². The molecule has 1 heteroatoms. The van der Waals surface area contributed by atoms with E-state index in [-0.39, 0.29) is 0 Å². The van der Waals surface area contributed by atoms with Crippen LogP contribution in [0.1, 0.15) is 64.7 Å². The lowest BCUT2D eigenvalue weighted by Crippen LogP contribution is -2.15. The molecular formula is C13H26O. The summed E-state index contributed by atoms with van der Waals surface area (Å²) in [4.78, 5) is 0. The first kappa shape index (κ1) is 12.0. The van der Waals surface area contributed by atoms with Gasteiger partial charge in [0.15, 0.2) is 0 Å². The van der Waals surface area contributed by atoms with E-state index in [2.05, 4.69) is 6.92 Å². The average Bonchev–Trinajstić information content (AvgIpc) is 2.25. The van der Waals surface area contributed by atoms with Crippen molar-refractivity contribution >= 4 is 0 Å². The Hall–Kier alpha value is -0.0400. The van der Waals surface area contributed by atoms with Crippen LogP contribution in [0.15, 0.2) is 0 Å². The molecule has 0 bridgehead atoms. The number of hydrogen-bond acceptors (Lipinski definition) is 1. The van der Waals surface area contributed by atoms with Crippen molar-refractivity contribution in [2.75, 3.05) is 6.61 Å². The molecular weight excluding hydrogens is 172 g/mol. The van der Waals surface area contributed by atoms with Gasteiger partial charge in [0.25, 0.3) is 0 Å². The SMILES string of the molecule is CCCCC(CO)CC1CCCCC1. The molecule has 1 rings (SSSR count). The van der Waals surface area contributed by atoms with Gasteiger partial charge >= 0.3 is 0 Å². The molecule has 0 amide bonds. The van der Waals surface area contributed by atoms with E-state index in [0.29, 0.717) is 12.5 Å². The fraction of sp³-hybridized carbons (Fsp3) is 1.00. The highest BCUT2D eigenvalue weighted by molar-refractivity contribution is 4.70. The van der Waals surface area contributed by atoms with Gasteiger partial charge in [0.2, 0.25) is 0 Å². The molecule has 0 radical (unpaired) electrons. The molecule has 1 fully saturated rings. The van der Waals surface area contributed by atoms with Crippen LogP contribution in [0.3, 0.4) is 0 Å². The highest BCUT2D eigenvalue weighted by atomic mass is 16.3. The molecule has 84 valence electrons.